The molecule has 0 saturated carbocycles. The molecule has 0 bridgehead atoms. The highest BCUT2D eigenvalue weighted by molar-refractivity contribution is 6.26. The Morgan fingerprint density at radius 2 is 0.419 bits per heavy atom. The van der Waals surface area contributed by atoms with Crippen molar-refractivity contribution in [2.24, 2.45) is 0 Å². The summed E-state index contributed by atoms with van der Waals surface area (Å²) in [4.78, 5) is 0. The van der Waals surface area contributed by atoms with Crippen LogP contribution in [0.25, 0.3) is 241 Å². The summed E-state index contributed by atoms with van der Waals surface area (Å²) in [6.07, 6.45) is 0. The maximum absolute atomic E-state index is 6.55. The third-order valence-electron chi connectivity index (χ3n) is 28.7. The molecule has 0 atom stereocenters. The zero-order valence-corrected chi connectivity index (χ0v) is 69.5. The summed E-state index contributed by atoms with van der Waals surface area (Å²) < 4.78 is 19.5. The van der Waals surface area contributed by atoms with Crippen molar-refractivity contribution in [3.63, 3.8) is 0 Å². The fourth-order valence-corrected chi connectivity index (χ4v) is 22.5. The Labute approximate surface area is 717 Å². The third-order valence-corrected chi connectivity index (χ3v) is 28.7. The van der Waals surface area contributed by atoms with Crippen LogP contribution in [-0.4, -0.2) is 0 Å². The van der Waals surface area contributed by atoms with Gasteiger partial charge in [-0.15, -0.1) is 0 Å². The van der Waals surface area contributed by atoms with Crippen LogP contribution in [0, 0.1) is 0 Å². The monoisotopic (exact) mass is 1580 g/mol. The van der Waals surface area contributed by atoms with Crippen LogP contribution < -0.4 is 0 Å². The predicted octanol–water partition coefficient (Wildman–Crippen LogP) is 34.1. The van der Waals surface area contributed by atoms with Gasteiger partial charge in [0.15, 0.2) is 0 Å². The molecular formula is C121H80O3. The molecule has 582 valence electrons. The van der Waals surface area contributed by atoms with Gasteiger partial charge in [-0.1, -0.05) is 308 Å². The Morgan fingerprint density at radius 1 is 0.153 bits per heavy atom. The lowest BCUT2D eigenvalue weighted by Crippen LogP contribution is -2.14. The lowest BCUT2D eigenvalue weighted by Gasteiger charge is -2.23. The zero-order valence-electron chi connectivity index (χ0n) is 69.5. The van der Waals surface area contributed by atoms with E-state index in [2.05, 4.69) is 418 Å². The minimum Gasteiger partial charge on any atom is -0.456 e. The molecule has 0 amide bonds. The quantitative estimate of drug-likeness (QED) is 0.156. The standard InChI is InChI=1S/C61H38O2.C60H42O/c1-61(2)52-24-19-38(30-47(52)48-29-36-12-3-4-13-37(36)34-53(48)61)39-21-25-54-49(31-39)50-32-40(22-26-55(50)62-54)58-43-15-7-9-17-45(43)59(46-18-10-8-16-44(46)58)41-23-27-56-51(33-41)60-42-14-6-5-11-35(42)20-28-57(60)63-56;1-59(2)51-20-12-11-15-41(51)42-25-21-40(34-53(42)59)58-45-18-9-7-16-43(45)57(44-17-8-10-19-46(44)58)39-24-28-56-50(32-39)49-31-38(23-27-55(49)61-56)37-22-26-52-47(30-37)48-29-35-13-5-6-14-36(35)33-54(48)60(52,3)4/h3-34H,1-2H3;5-34H,1-4H3. The summed E-state index contributed by atoms with van der Waals surface area (Å²) in [7, 11) is 0. The van der Waals surface area contributed by atoms with Crippen molar-refractivity contribution in [3.8, 4) is 100 Å². The molecule has 3 heterocycles. The van der Waals surface area contributed by atoms with Gasteiger partial charge in [0, 0.05) is 48.6 Å². The van der Waals surface area contributed by atoms with Gasteiger partial charge >= 0.3 is 0 Å². The van der Waals surface area contributed by atoms with Crippen LogP contribution in [0.4, 0.5) is 0 Å². The second-order valence-electron chi connectivity index (χ2n) is 36.4. The number of benzene rings is 21. The average Bonchev–Trinajstić information content (AvgIpc) is 1.29. The fourth-order valence-electron chi connectivity index (χ4n) is 22.5. The Balaban J connectivity index is 0.000000133. The van der Waals surface area contributed by atoms with E-state index >= 15 is 0 Å². The van der Waals surface area contributed by atoms with Crippen LogP contribution in [0.15, 0.2) is 389 Å². The highest BCUT2D eigenvalue weighted by Crippen LogP contribution is 2.57. The summed E-state index contributed by atoms with van der Waals surface area (Å²) in [5, 5.41) is 24.3. The van der Waals surface area contributed by atoms with Crippen LogP contribution in [0.2, 0.25) is 0 Å². The van der Waals surface area contributed by atoms with E-state index in [1.165, 1.54) is 209 Å². The number of rotatable bonds is 6. The topological polar surface area (TPSA) is 39.4 Å². The summed E-state index contributed by atoms with van der Waals surface area (Å²) in [6.45, 7) is 14.2. The van der Waals surface area contributed by atoms with E-state index in [0.29, 0.717) is 0 Å². The van der Waals surface area contributed by atoms with Crippen LogP contribution in [0.1, 0.15) is 74.9 Å². The highest BCUT2D eigenvalue weighted by Gasteiger charge is 2.39. The van der Waals surface area contributed by atoms with E-state index in [4.69, 9.17) is 13.3 Å². The van der Waals surface area contributed by atoms with Gasteiger partial charge in [-0.3, -0.25) is 0 Å². The molecule has 3 nitrogen and oxygen atoms in total. The van der Waals surface area contributed by atoms with E-state index in [0.717, 1.165) is 65.8 Å². The molecule has 0 unspecified atom stereocenters. The normalized spacial score (nSPS) is 13.9. The van der Waals surface area contributed by atoms with Crippen LogP contribution >= 0.6 is 0 Å². The first kappa shape index (κ1) is 70.7. The van der Waals surface area contributed by atoms with Crippen LogP contribution in [0.5, 0.6) is 0 Å². The number of hydrogen-bond donors (Lipinski definition) is 0. The molecule has 21 aromatic carbocycles. The molecule has 0 saturated heterocycles. The molecule has 27 rings (SSSR count). The molecule has 3 aliphatic rings. The molecule has 0 aliphatic heterocycles. The fraction of sp³-hybridized carbons (Fsp3) is 0.0744. The van der Waals surface area contributed by atoms with E-state index in [9.17, 15) is 0 Å². The second kappa shape index (κ2) is 25.9. The van der Waals surface area contributed by atoms with Gasteiger partial charge in [0.25, 0.3) is 0 Å². The molecule has 24 aromatic rings. The van der Waals surface area contributed by atoms with Crippen molar-refractivity contribution in [1.82, 2.24) is 0 Å². The summed E-state index contributed by atoms with van der Waals surface area (Å²) in [5.74, 6) is 0. The van der Waals surface area contributed by atoms with Gasteiger partial charge in [-0.25, -0.2) is 0 Å². The molecule has 0 N–H and O–H groups in total. The minimum atomic E-state index is -0.0751. The van der Waals surface area contributed by atoms with Gasteiger partial charge in [0.05, 0.1) is 0 Å². The molecular weight excluding hydrogens is 1500 g/mol. The molecule has 3 aromatic heterocycles. The maximum Gasteiger partial charge on any atom is 0.136 e. The molecule has 3 heteroatoms. The van der Waals surface area contributed by atoms with Gasteiger partial charge in [0.1, 0.15) is 33.5 Å². The van der Waals surface area contributed by atoms with Crippen molar-refractivity contribution in [3.05, 3.63) is 409 Å². The van der Waals surface area contributed by atoms with Crippen molar-refractivity contribution >= 4 is 141 Å². The van der Waals surface area contributed by atoms with Gasteiger partial charge in [-0.05, 0) is 318 Å². The number of hydrogen-bond acceptors (Lipinski definition) is 3. The lowest BCUT2D eigenvalue weighted by molar-refractivity contribution is 0.660. The Bertz CT molecular complexity index is 8730. The van der Waals surface area contributed by atoms with Gasteiger partial charge < -0.3 is 13.3 Å². The largest absolute Gasteiger partial charge is 0.456 e. The SMILES string of the molecule is CC1(C)c2ccc(-c3ccc4oc5ccc(-c6c7ccccc7c(-c7ccc8oc9ccc%10ccccc%10c9c8c7)c7ccccc67)cc5c4c3)cc2-c2cc3ccccc3cc21.CC1(C)c2ccccc2-c2ccc(-c3c4ccccc4c(-c4ccc5oc6ccc(-c7ccc8c(c7)-c7cc9ccccc9cc7C8(C)C)cc6c5c4)c4ccccc34)cc21. The Hall–Kier alpha value is -15.2. The lowest BCUT2D eigenvalue weighted by atomic mass is 9.80. The molecule has 0 radical (unpaired) electrons. The predicted molar refractivity (Wildman–Crippen MR) is 523 cm³/mol. The molecule has 0 fully saturated rings. The van der Waals surface area contributed by atoms with Crippen molar-refractivity contribution in [2.45, 2.75) is 57.8 Å². The smallest absolute Gasteiger partial charge is 0.136 e. The first-order valence-electron chi connectivity index (χ1n) is 43.5. The Kier molecular flexibility index (Phi) is 14.8. The molecule has 0 spiro atoms. The van der Waals surface area contributed by atoms with E-state index in [1.807, 2.05) is 0 Å². The second-order valence-corrected chi connectivity index (χ2v) is 36.4. The van der Waals surface area contributed by atoms with E-state index < -0.39 is 0 Å². The van der Waals surface area contributed by atoms with Crippen LogP contribution in [0.3, 0.4) is 0 Å². The van der Waals surface area contributed by atoms with E-state index in [-0.39, 0.29) is 16.2 Å². The van der Waals surface area contributed by atoms with Crippen molar-refractivity contribution in [2.75, 3.05) is 0 Å². The van der Waals surface area contributed by atoms with E-state index in [1.54, 1.807) is 0 Å². The molecule has 3 aliphatic carbocycles. The number of fused-ring (bicyclic) bond motifs is 26. The van der Waals surface area contributed by atoms with Gasteiger partial charge in [-0.2, -0.15) is 0 Å². The maximum atomic E-state index is 6.55. The third kappa shape index (κ3) is 10.2. The van der Waals surface area contributed by atoms with Crippen LogP contribution in [-0.2, 0) is 16.2 Å². The first-order chi connectivity index (χ1) is 60.7. The number of furan rings is 3. The highest BCUT2D eigenvalue weighted by atomic mass is 16.3. The average molecular weight is 1580 g/mol. The zero-order chi connectivity index (χ0) is 82.3. The van der Waals surface area contributed by atoms with Crippen molar-refractivity contribution < 1.29 is 13.3 Å². The Morgan fingerprint density at radius 3 is 0.847 bits per heavy atom. The summed E-state index contributed by atoms with van der Waals surface area (Å²) >= 11 is 0. The summed E-state index contributed by atoms with van der Waals surface area (Å²) in [6, 6.07) is 139. The molecule has 124 heavy (non-hydrogen) atoms. The first-order valence-corrected chi connectivity index (χ1v) is 43.5. The summed E-state index contributed by atoms with van der Waals surface area (Å²) in [5.41, 5.74) is 36.2. The minimum absolute atomic E-state index is 0.0640. The van der Waals surface area contributed by atoms with Crippen molar-refractivity contribution in [1.29, 1.82) is 0 Å². The van der Waals surface area contributed by atoms with Gasteiger partial charge in [0.2, 0.25) is 0 Å².